The van der Waals surface area contributed by atoms with E-state index in [1.807, 2.05) is 0 Å². The fourth-order valence-corrected chi connectivity index (χ4v) is 7.79. The van der Waals surface area contributed by atoms with E-state index in [1.54, 1.807) is 0 Å². The van der Waals surface area contributed by atoms with Crippen LogP contribution in [0, 0.1) is 17.3 Å². The number of hydrogen-bond acceptors (Lipinski definition) is 6. The van der Waals surface area contributed by atoms with Crippen LogP contribution >= 0.6 is 11.6 Å². The van der Waals surface area contributed by atoms with Crippen LogP contribution in [0.5, 0.6) is 0 Å². The molecule has 2 saturated heterocycles. The van der Waals surface area contributed by atoms with Gasteiger partial charge in [-0.15, -0.1) is 11.6 Å². The van der Waals surface area contributed by atoms with Crippen molar-refractivity contribution in [3.05, 3.63) is 12.2 Å². The van der Waals surface area contributed by atoms with Gasteiger partial charge >= 0.3 is 5.97 Å². The molecule has 0 aromatic heterocycles. The number of rotatable bonds is 16. The largest absolute Gasteiger partial charge is 0.469 e. The summed E-state index contributed by atoms with van der Waals surface area (Å²) in [5.74, 6) is 0.557. The van der Waals surface area contributed by atoms with Gasteiger partial charge < -0.3 is 23.7 Å². The molecule has 40 heavy (non-hydrogen) atoms. The summed E-state index contributed by atoms with van der Waals surface area (Å²) in [6.45, 7) is 3.93. The predicted molar refractivity (Wildman–Crippen MR) is 158 cm³/mol. The predicted octanol–water partition coefficient (Wildman–Crippen LogP) is 8.09. The molecule has 0 radical (unpaired) electrons. The van der Waals surface area contributed by atoms with Crippen molar-refractivity contribution in [1.29, 1.82) is 0 Å². The highest BCUT2D eigenvalue weighted by molar-refractivity contribution is 6.21. The summed E-state index contributed by atoms with van der Waals surface area (Å²) in [6, 6.07) is 0. The quantitative estimate of drug-likeness (QED) is 0.0793. The van der Waals surface area contributed by atoms with Crippen LogP contribution in [0.4, 0.5) is 0 Å². The van der Waals surface area contributed by atoms with Crippen LogP contribution in [0.1, 0.15) is 122 Å². The van der Waals surface area contributed by atoms with Gasteiger partial charge in [0.1, 0.15) is 0 Å². The minimum Gasteiger partial charge on any atom is -0.469 e. The summed E-state index contributed by atoms with van der Waals surface area (Å²) in [5, 5.41) is 0.106. The van der Waals surface area contributed by atoms with Crippen LogP contribution in [-0.4, -0.2) is 56.5 Å². The van der Waals surface area contributed by atoms with Crippen molar-refractivity contribution in [3.8, 4) is 0 Å². The molecule has 4 rings (SSSR count). The molecule has 7 atom stereocenters. The van der Waals surface area contributed by atoms with Crippen molar-refractivity contribution >= 4 is 17.6 Å². The standard InChI is InChI=1S/C33H55ClO6/c1-3-33(20-13-21-33)29(40-32-19-9-11-23-38-32)16-12-15-26-25(14-6-4-5-7-17-30(35)36-2)27(34)24-28(26)39-31-18-8-10-22-37-31/h12,15,25-29,31-32H,3-11,13-14,16-24H2,1-2H3/b15-12+/t25-,26-,27-,28-,29+,31?,32?/m1/s1. The molecular weight excluding hydrogens is 528 g/mol. The third-order valence-electron chi connectivity index (χ3n) is 10.1. The highest BCUT2D eigenvalue weighted by Gasteiger charge is 2.45. The van der Waals surface area contributed by atoms with Gasteiger partial charge in [0.2, 0.25) is 0 Å². The Morgan fingerprint density at radius 1 is 1.00 bits per heavy atom. The maximum atomic E-state index is 11.4. The molecular formula is C33H55ClO6. The molecule has 4 aliphatic rings. The summed E-state index contributed by atoms with van der Waals surface area (Å²) in [7, 11) is 1.46. The highest BCUT2D eigenvalue weighted by atomic mass is 35.5. The smallest absolute Gasteiger partial charge is 0.305 e. The normalized spacial score (nSPS) is 33.1. The average Bonchev–Trinajstić information content (AvgIpc) is 3.24. The molecule has 0 bridgehead atoms. The fraction of sp³-hybridized carbons (Fsp3) is 0.909. The van der Waals surface area contributed by atoms with Gasteiger partial charge in [0.25, 0.3) is 0 Å². The molecule has 7 heteroatoms. The number of methoxy groups -OCH3 is 1. The first kappa shape index (κ1) is 32.3. The minimum absolute atomic E-state index is 0.0543. The maximum absolute atomic E-state index is 11.4. The second-order valence-corrected chi connectivity index (χ2v) is 13.2. The fourth-order valence-electron chi connectivity index (χ4n) is 7.32. The summed E-state index contributed by atoms with van der Waals surface area (Å²) >= 11 is 7.03. The van der Waals surface area contributed by atoms with Crippen molar-refractivity contribution in [2.75, 3.05) is 20.3 Å². The first-order valence-corrected chi connectivity index (χ1v) is 16.9. The molecule has 2 saturated carbocycles. The number of hydrogen-bond donors (Lipinski definition) is 0. The van der Waals surface area contributed by atoms with Crippen molar-refractivity contribution < 1.29 is 28.5 Å². The van der Waals surface area contributed by atoms with E-state index in [0.29, 0.717) is 12.3 Å². The van der Waals surface area contributed by atoms with Gasteiger partial charge in [-0.25, -0.2) is 0 Å². The number of alkyl halides is 1. The molecule has 2 unspecified atom stereocenters. The van der Waals surface area contributed by atoms with Gasteiger partial charge in [-0.2, -0.15) is 0 Å². The molecule has 2 aliphatic heterocycles. The molecule has 0 aromatic carbocycles. The Kier molecular flexibility index (Phi) is 13.6. The number of ether oxygens (including phenoxy) is 5. The molecule has 0 aromatic rings. The molecule has 2 aliphatic carbocycles. The molecule has 0 spiro atoms. The Morgan fingerprint density at radius 2 is 1.73 bits per heavy atom. The first-order chi connectivity index (χ1) is 19.5. The van der Waals surface area contributed by atoms with E-state index in [4.69, 9.17) is 35.3 Å². The van der Waals surface area contributed by atoms with E-state index in [1.165, 1.54) is 39.2 Å². The van der Waals surface area contributed by atoms with Crippen LogP contribution in [0.2, 0.25) is 0 Å². The zero-order valence-electron chi connectivity index (χ0n) is 25.2. The Hall–Kier alpha value is -0.660. The number of halogens is 1. The Bertz CT molecular complexity index is 753. The lowest BCUT2D eigenvalue weighted by molar-refractivity contribution is -0.222. The monoisotopic (exact) mass is 582 g/mol. The zero-order chi connectivity index (χ0) is 28.2. The lowest BCUT2D eigenvalue weighted by Gasteiger charge is -2.48. The second-order valence-electron chi connectivity index (χ2n) is 12.6. The van der Waals surface area contributed by atoms with Crippen molar-refractivity contribution in [1.82, 2.24) is 0 Å². The minimum atomic E-state index is -0.115. The number of carbonyl (C=O) groups excluding carboxylic acids is 1. The van der Waals surface area contributed by atoms with E-state index >= 15 is 0 Å². The SMILES string of the molecule is CCC1([C@H](C/C=C/[C@@H]2[C@@H](CCCCCCC(=O)OC)[C@H](Cl)C[C@H]2OC2CCCCO2)OC2CCCCO2)CCC1. The number of esters is 1. The van der Waals surface area contributed by atoms with Crippen LogP contribution < -0.4 is 0 Å². The van der Waals surface area contributed by atoms with Crippen LogP contribution in [-0.2, 0) is 28.5 Å². The Labute approximate surface area is 248 Å². The summed E-state index contributed by atoms with van der Waals surface area (Å²) in [6.07, 6.45) is 24.1. The molecule has 2 heterocycles. The lowest BCUT2D eigenvalue weighted by Crippen LogP contribution is -2.44. The van der Waals surface area contributed by atoms with Crippen molar-refractivity contribution in [2.45, 2.75) is 153 Å². The maximum Gasteiger partial charge on any atom is 0.305 e. The summed E-state index contributed by atoms with van der Waals surface area (Å²) in [4.78, 5) is 11.4. The van der Waals surface area contributed by atoms with Gasteiger partial charge in [-0.3, -0.25) is 4.79 Å². The highest BCUT2D eigenvalue weighted by Crippen LogP contribution is 2.50. The lowest BCUT2D eigenvalue weighted by atomic mass is 9.62. The van der Waals surface area contributed by atoms with E-state index in [2.05, 4.69) is 19.1 Å². The van der Waals surface area contributed by atoms with E-state index in [-0.39, 0.29) is 47.5 Å². The number of carbonyl (C=O) groups is 1. The molecule has 230 valence electrons. The molecule has 0 N–H and O–H groups in total. The van der Waals surface area contributed by atoms with Gasteiger partial charge in [0.05, 0.1) is 19.3 Å². The van der Waals surface area contributed by atoms with E-state index in [0.717, 1.165) is 90.3 Å². The molecule has 4 fully saturated rings. The molecule has 0 amide bonds. The topological polar surface area (TPSA) is 63.2 Å². The van der Waals surface area contributed by atoms with Crippen LogP contribution in [0.25, 0.3) is 0 Å². The summed E-state index contributed by atoms with van der Waals surface area (Å²) in [5.41, 5.74) is 0.283. The summed E-state index contributed by atoms with van der Waals surface area (Å²) < 4.78 is 30.0. The van der Waals surface area contributed by atoms with E-state index in [9.17, 15) is 4.79 Å². The van der Waals surface area contributed by atoms with Crippen molar-refractivity contribution in [2.24, 2.45) is 17.3 Å². The molecule has 6 nitrogen and oxygen atoms in total. The number of unbranched alkanes of at least 4 members (excludes halogenated alkanes) is 3. The van der Waals surface area contributed by atoms with Crippen LogP contribution in [0.15, 0.2) is 12.2 Å². The van der Waals surface area contributed by atoms with Gasteiger partial charge in [0, 0.05) is 30.9 Å². The Morgan fingerprint density at radius 3 is 2.35 bits per heavy atom. The van der Waals surface area contributed by atoms with E-state index < -0.39 is 0 Å². The first-order valence-electron chi connectivity index (χ1n) is 16.5. The van der Waals surface area contributed by atoms with Gasteiger partial charge in [0.15, 0.2) is 12.6 Å². The van der Waals surface area contributed by atoms with Crippen molar-refractivity contribution in [3.63, 3.8) is 0 Å². The third-order valence-corrected chi connectivity index (χ3v) is 10.6. The second kappa shape index (κ2) is 16.8. The van der Waals surface area contributed by atoms with Crippen LogP contribution in [0.3, 0.4) is 0 Å². The third kappa shape index (κ3) is 9.17. The zero-order valence-corrected chi connectivity index (χ0v) is 25.9. The average molecular weight is 583 g/mol. The van der Waals surface area contributed by atoms with Gasteiger partial charge in [-0.1, -0.05) is 44.8 Å². The van der Waals surface area contributed by atoms with Gasteiger partial charge in [-0.05, 0) is 94.8 Å². The Balaban J connectivity index is 1.38.